The molecule has 3 saturated carbocycles. The molecule has 35 heavy (non-hydrogen) atoms. The molecule has 10 atom stereocenters. The summed E-state index contributed by atoms with van der Waals surface area (Å²) in [6.07, 6.45) is 1.19. The summed E-state index contributed by atoms with van der Waals surface area (Å²) in [7, 11) is 0. The van der Waals surface area contributed by atoms with Crippen LogP contribution in [0.2, 0.25) is 0 Å². The van der Waals surface area contributed by atoms with E-state index in [1.165, 1.54) is 18.2 Å². The normalized spacial score (nSPS) is 52.3. The van der Waals surface area contributed by atoms with E-state index in [-0.39, 0.29) is 36.7 Å². The number of hydrogen-bond donors (Lipinski definition) is 2. The van der Waals surface area contributed by atoms with Crippen LogP contribution in [0, 0.1) is 28.6 Å². The third-order valence-electron chi connectivity index (χ3n) is 10.2. The Hall–Kier alpha value is -2.09. The maximum atomic E-state index is 17.3. The van der Waals surface area contributed by atoms with Gasteiger partial charge in [0.2, 0.25) is 0 Å². The van der Waals surface area contributed by atoms with Crippen LogP contribution in [0.25, 0.3) is 0 Å². The number of aliphatic hydroxyl groups excluding tert-OH is 1. The van der Waals surface area contributed by atoms with Gasteiger partial charge in [0.1, 0.15) is 24.1 Å². The lowest BCUT2D eigenvalue weighted by Crippen LogP contribution is -2.71. The molecule has 2 N–H and O–H groups in total. The number of allylic oxidation sites excluding steroid dienone is 4. The lowest BCUT2D eigenvalue weighted by molar-refractivity contribution is -0.258. The molecular weight excluding hydrogens is 454 g/mol. The maximum absolute atomic E-state index is 17.3. The van der Waals surface area contributed by atoms with Crippen molar-refractivity contribution in [3.05, 3.63) is 54.1 Å². The van der Waals surface area contributed by atoms with Gasteiger partial charge in [0.15, 0.2) is 11.5 Å². The number of carbonyl (C=O) groups is 1. The average Bonchev–Trinajstić information content (AvgIpc) is 3.57. The largest absolute Gasteiger partial charge is 0.457 e. The number of carbonyl (C=O) groups excluding carboxylic acids is 1. The van der Waals surface area contributed by atoms with Gasteiger partial charge in [-0.25, -0.2) is 8.78 Å². The topological polar surface area (TPSA) is 79.3 Å². The predicted molar refractivity (Wildman–Crippen MR) is 124 cm³/mol. The first-order chi connectivity index (χ1) is 16.4. The Balaban J connectivity index is 1.43. The zero-order valence-electron chi connectivity index (χ0n) is 20.2. The zero-order valence-corrected chi connectivity index (χ0v) is 20.2. The molecule has 7 heteroatoms. The fraction of sp³-hybridized carbons (Fsp3) is 0.607. The number of aliphatic hydroxyl groups is 2. The summed E-state index contributed by atoms with van der Waals surface area (Å²) < 4.78 is 45.0. The molecule has 0 spiro atoms. The third kappa shape index (κ3) is 2.64. The molecule has 1 aromatic rings. The van der Waals surface area contributed by atoms with Gasteiger partial charge in [-0.15, -0.1) is 0 Å². The molecule has 4 aliphatic carbocycles. The molecule has 5 nitrogen and oxygen atoms in total. The SMILES string of the molecule is C[C@@H]1C[C@H]2[C@@H]3C[C@H](F)C4=CC(=O)C=C[C@]4(C)[C@@]3(F)[C@@H](O)C[C@]2(C)[C@@]1(O)[C@]1(Oc2ccccc2)CO1. The average molecular weight is 487 g/mol. The number of ether oxygens (including phenoxy) is 2. The van der Waals surface area contributed by atoms with Crippen LogP contribution in [0.1, 0.15) is 40.0 Å². The minimum absolute atomic E-state index is 0.0314. The summed E-state index contributed by atoms with van der Waals surface area (Å²) in [5, 5.41) is 23.9. The summed E-state index contributed by atoms with van der Waals surface area (Å²) in [6, 6.07) is 9.10. The van der Waals surface area contributed by atoms with Crippen LogP contribution in [-0.4, -0.2) is 51.9 Å². The maximum Gasteiger partial charge on any atom is 0.264 e. The zero-order chi connectivity index (χ0) is 25.0. The van der Waals surface area contributed by atoms with E-state index in [2.05, 4.69) is 0 Å². The molecule has 6 rings (SSSR count). The highest BCUT2D eigenvalue weighted by atomic mass is 19.1. The number of hydrogen-bond acceptors (Lipinski definition) is 5. The molecule has 1 heterocycles. The lowest BCUT2D eigenvalue weighted by atomic mass is 9.44. The molecule has 0 amide bonds. The molecule has 0 aromatic heterocycles. The van der Waals surface area contributed by atoms with Crippen LogP contribution in [0.5, 0.6) is 5.75 Å². The second-order valence-electron chi connectivity index (χ2n) is 11.7. The molecule has 1 aliphatic heterocycles. The number of fused-ring (bicyclic) bond motifs is 5. The quantitative estimate of drug-likeness (QED) is 0.630. The van der Waals surface area contributed by atoms with Gasteiger partial charge in [-0.3, -0.25) is 4.79 Å². The highest BCUT2D eigenvalue weighted by Gasteiger charge is 2.82. The number of alkyl halides is 2. The summed E-state index contributed by atoms with van der Waals surface area (Å²) in [4.78, 5) is 12.0. The Bertz CT molecular complexity index is 1130. The highest BCUT2D eigenvalue weighted by Crippen LogP contribution is 2.73. The van der Waals surface area contributed by atoms with E-state index >= 15 is 8.78 Å². The second-order valence-corrected chi connectivity index (χ2v) is 11.7. The van der Waals surface area contributed by atoms with Crippen molar-refractivity contribution < 1.29 is 33.3 Å². The van der Waals surface area contributed by atoms with E-state index < -0.39 is 52.0 Å². The van der Waals surface area contributed by atoms with E-state index in [0.717, 1.165) is 0 Å². The Morgan fingerprint density at radius 2 is 1.83 bits per heavy atom. The van der Waals surface area contributed by atoms with Crippen LogP contribution >= 0.6 is 0 Å². The van der Waals surface area contributed by atoms with Gasteiger partial charge in [-0.2, -0.15) is 0 Å². The second kappa shape index (κ2) is 7.02. The van der Waals surface area contributed by atoms with Crippen LogP contribution < -0.4 is 4.74 Å². The standard InChI is InChI=1S/C28H32F2O5/c1-16-11-19-20-13-22(29)21-12-17(31)9-10-24(21,2)27(20,30)23(32)14-25(19,3)28(16,33)26(15-34-26)35-18-7-5-4-6-8-18/h4-10,12,16,19-20,22-23,32-33H,11,13-15H2,1-3H3/t16-,19+,20+,22+,23+,24+,25+,26-,27+,28-/m1/s1. The Labute approximate surface area is 203 Å². The molecule has 0 unspecified atom stereocenters. The summed E-state index contributed by atoms with van der Waals surface area (Å²) in [5.74, 6) is -2.75. The first kappa shape index (κ1) is 23.3. The summed E-state index contributed by atoms with van der Waals surface area (Å²) in [6.45, 7) is 5.52. The van der Waals surface area contributed by atoms with Gasteiger partial charge in [-0.1, -0.05) is 38.1 Å². The van der Waals surface area contributed by atoms with E-state index in [1.807, 2.05) is 32.0 Å². The van der Waals surface area contributed by atoms with Crippen LogP contribution in [0.15, 0.2) is 54.1 Å². The summed E-state index contributed by atoms with van der Waals surface area (Å²) in [5.41, 5.74) is -6.03. The molecule has 1 aromatic carbocycles. The van der Waals surface area contributed by atoms with Crippen molar-refractivity contribution >= 4 is 5.78 Å². The summed E-state index contributed by atoms with van der Waals surface area (Å²) >= 11 is 0. The van der Waals surface area contributed by atoms with E-state index in [9.17, 15) is 15.0 Å². The number of epoxide rings is 1. The van der Waals surface area contributed by atoms with Crippen molar-refractivity contribution in [2.24, 2.45) is 28.6 Å². The van der Waals surface area contributed by atoms with Crippen molar-refractivity contribution in [1.82, 2.24) is 0 Å². The molecule has 188 valence electrons. The molecular formula is C28H32F2O5. The first-order valence-corrected chi connectivity index (χ1v) is 12.5. The number of para-hydroxylation sites is 1. The predicted octanol–water partition coefficient (Wildman–Crippen LogP) is 4.09. The fourth-order valence-corrected chi connectivity index (χ4v) is 8.45. The van der Waals surface area contributed by atoms with E-state index in [0.29, 0.717) is 12.2 Å². The van der Waals surface area contributed by atoms with Gasteiger partial charge in [0.05, 0.1) is 6.10 Å². The van der Waals surface area contributed by atoms with E-state index in [4.69, 9.17) is 9.47 Å². The third-order valence-corrected chi connectivity index (χ3v) is 10.2. The van der Waals surface area contributed by atoms with Crippen molar-refractivity contribution in [3.8, 4) is 5.75 Å². The van der Waals surface area contributed by atoms with E-state index in [1.54, 1.807) is 19.1 Å². The molecule has 4 fully saturated rings. The van der Waals surface area contributed by atoms with Gasteiger partial charge in [0.25, 0.3) is 5.79 Å². The number of benzene rings is 1. The Morgan fingerprint density at radius 3 is 2.49 bits per heavy atom. The van der Waals surface area contributed by atoms with Crippen molar-refractivity contribution in [1.29, 1.82) is 0 Å². The van der Waals surface area contributed by atoms with Gasteiger partial charge >= 0.3 is 0 Å². The van der Waals surface area contributed by atoms with Crippen LogP contribution in [-0.2, 0) is 9.53 Å². The minimum Gasteiger partial charge on any atom is -0.457 e. The number of ketones is 1. The Morgan fingerprint density at radius 1 is 1.14 bits per heavy atom. The monoisotopic (exact) mass is 486 g/mol. The Kier molecular flexibility index (Phi) is 4.68. The smallest absolute Gasteiger partial charge is 0.264 e. The fourth-order valence-electron chi connectivity index (χ4n) is 8.45. The lowest BCUT2D eigenvalue weighted by Gasteiger charge is -2.63. The van der Waals surface area contributed by atoms with Gasteiger partial charge in [-0.05, 0) is 67.9 Å². The van der Waals surface area contributed by atoms with Gasteiger partial charge in [0, 0.05) is 16.7 Å². The minimum atomic E-state index is -2.17. The van der Waals surface area contributed by atoms with Crippen LogP contribution in [0.3, 0.4) is 0 Å². The number of halogens is 2. The molecule has 0 bridgehead atoms. The van der Waals surface area contributed by atoms with Gasteiger partial charge < -0.3 is 19.7 Å². The number of rotatable bonds is 3. The molecule has 1 saturated heterocycles. The van der Waals surface area contributed by atoms with Crippen molar-refractivity contribution in [2.75, 3.05) is 6.61 Å². The van der Waals surface area contributed by atoms with Crippen molar-refractivity contribution in [3.63, 3.8) is 0 Å². The molecule has 0 radical (unpaired) electrons. The first-order valence-electron chi connectivity index (χ1n) is 12.5. The highest BCUT2D eigenvalue weighted by molar-refractivity contribution is 6.01. The molecule has 5 aliphatic rings. The van der Waals surface area contributed by atoms with Crippen molar-refractivity contribution in [2.45, 2.75) is 69.4 Å². The van der Waals surface area contributed by atoms with Crippen LogP contribution in [0.4, 0.5) is 8.78 Å².